The minimum Gasteiger partial charge on any atom is -0.486 e. The van der Waals surface area contributed by atoms with E-state index in [9.17, 15) is 18.0 Å². The lowest BCUT2D eigenvalue weighted by Gasteiger charge is -2.32. The number of ether oxygens (including phenoxy) is 2. The van der Waals surface area contributed by atoms with Crippen LogP contribution in [0.15, 0.2) is 47.3 Å². The summed E-state index contributed by atoms with van der Waals surface area (Å²) in [6, 6.07) is 10.9. The third kappa shape index (κ3) is 6.34. The molecule has 0 spiro atoms. The Labute approximate surface area is 223 Å². The van der Waals surface area contributed by atoms with E-state index in [0.717, 1.165) is 61.7 Å². The van der Waals surface area contributed by atoms with Gasteiger partial charge >= 0.3 is 6.18 Å². The van der Waals surface area contributed by atoms with E-state index in [0.29, 0.717) is 37.7 Å². The molecule has 200 valence electrons. The van der Waals surface area contributed by atoms with Gasteiger partial charge in [-0.1, -0.05) is 23.7 Å². The minimum absolute atomic E-state index is 0. The third-order valence-electron chi connectivity index (χ3n) is 6.82. The molecule has 2 aliphatic heterocycles. The van der Waals surface area contributed by atoms with Crippen LogP contribution >= 0.6 is 24.0 Å². The molecule has 3 aromatic rings. The monoisotopic (exact) mass is 557 g/mol. The number of hydrogen-bond acceptors (Lipinski definition) is 5. The summed E-state index contributed by atoms with van der Waals surface area (Å²) in [7, 11) is 0. The SMILES string of the molecule is Cl.O=c1cc(Cl)c2ccc(C(F)(F)F)cc2n1CCN1CCC(NCc2ccc3c(c2)OCCO3)CC1. The van der Waals surface area contributed by atoms with Crippen LogP contribution in [0.3, 0.4) is 0 Å². The highest BCUT2D eigenvalue weighted by Crippen LogP contribution is 2.33. The number of aromatic nitrogens is 1. The van der Waals surface area contributed by atoms with Gasteiger partial charge in [-0.15, -0.1) is 12.4 Å². The molecule has 0 saturated carbocycles. The smallest absolute Gasteiger partial charge is 0.416 e. The molecule has 1 fully saturated rings. The Bertz CT molecular complexity index is 1310. The van der Waals surface area contributed by atoms with Gasteiger partial charge < -0.3 is 24.3 Å². The van der Waals surface area contributed by atoms with Crippen molar-refractivity contribution in [2.24, 2.45) is 0 Å². The van der Waals surface area contributed by atoms with Crippen molar-refractivity contribution in [3.8, 4) is 11.5 Å². The molecular weight excluding hydrogens is 530 g/mol. The Hall–Kier alpha value is -2.46. The lowest BCUT2D eigenvalue weighted by atomic mass is 10.0. The maximum absolute atomic E-state index is 13.3. The number of fused-ring (bicyclic) bond motifs is 2. The molecular formula is C26H28Cl2F3N3O3. The second kappa shape index (κ2) is 11.5. The number of pyridine rings is 1. The van der Waals surface area contributed by atoms with Gasteiger partial charge in [0.2, 0.25) is 0 Å². The van der Waals surface area contributed by atoms with Crippen LogP contribution in [0.5, 0.6) is 11.5 Å². The van der Waals surface area contributed by atoms with Crippen LogP contribution in [-0.2, 0) is 19.3 Å². The van der Waals surface area contributed by atoms with E-state index < -0.39 is 17.3 Å². The van der Waals surface area contributed by atoms with Crippen molar-refractivity contribution in [2.45, 2.75) is 38.1 Å². The van der Waals surface area contributed by atoms with Crippen molar-refractivity contribution in [3.05, 3.63) is 69.0 Å². The van der Waals surface area contributed by atoms with Crippen LogP contribution in [0.4, 0.5) is 13.2 Å². The first-order valence-electron chi connectivity index (χ1n) is 12.0. The number of benzene rings is 2. The molecule has 11 heteroatoms. The lowest BCUT2D eigenvalue weighted by molar-refractivity contribution is -0.137. The molecule has 2 aromatic carbocycles. The molecule has 1 aromatic heterocycles. The molecule has 0 amide bonds. The fraction of sp³-hybridized carbons (Fsp3) is 0.423. The topological polar surface area (TPSA) is 55.7 Å². The first-order chi connectivity index (χ1) is 17.3. The summed E-state index contributed by atoms with van der Waals surface area (Å²) >= 11 is 6.15. The summed E-state index contributed by atoms with van der Waals surface area (Å²) in [5.74, 6) is 1.56. The maximum Gasteiger partial charge on any atom is 0.416 e. The molecule has 0 aliphatic carbocycles. The zero-order chi connectivity index (χ0) is 25.3. The third-order valence-corrected chi connectivity index (χ3v) is 7.13. The van der Waals surface area contributed by atoms with E-state index in [4.69, 9.17) is 21.1 Å². The van der Waals surface area contributed by atoms with E-state index in [-0.39, 0.29) is 22.9 Å². The zero-order valence-corrected chi connectivity index (χ0v) is 21.6. The quantitative estimate of drug-likeness (QED) is 0.456. The van der Waals surface area contributed by atoms with Crippen molar-refractivity contribution < 1.29 is 22.6 Å². The van der Waals surface area contributed by atoms with Gasteiger partial charge in [0.15, 0.2) is 11.5 Å². The fourth-order valence-corrected chi connectivity index (χ4v) is 5.06. The van der Waals surface area contributed by atoms with Crippen molar-refractivity contribution in [1.82, 2.24) is 14.8 Å². The normalized spacial score (nSPS) is 16.5. The van der Waals surface area contributed by atoms with Gasteiger partial charge in [-0.2, -0.15) is 13.2 Å². The second-order valence-electron chi connectivity index (χ2n) is 9.19. The average Bonchev–Trinajstić information content (AvgIpc) is 2.87. The Balaban J connectivity index is 0.00000320. The summed E-state index contributed by atoms with van der Waals surface area (Å²) in [5.41, 5.74) is 0.144. The van der Waals surface area contributed by atoms with Crippen molar-refractivity contribution in [1.29, 1.82) is 0 Å². The van der Waals surface area contributed by atoms with E-state index >= 15 is 0 Å². The van der Waals surface area contributed by atoms with Gasteiger partial charge in [-0.3, -0.25) is 4.79 Å². The van der Waals surface area contributed by atoms with Crippen LogP contribution < -0.4 is 20.3 Å². The van der Waals surface area contributed by atoms with Gasteiger partial charge in [0.05, 0.1) is 16.1 Å². The number of rotatable bonds is 6. The fourth-order valence-electron chi connectivity index (χ4n) is 4.81. The maximum atomic E-state index is 13.3. The zero-order valence-electron chi connectivity index (χ0n) is 20.0. The van der Waals surface area contributed by atoms with Crippen LogP contribution in [0.2, 0.25) is 5.02 Å². The number of nitrogens with zero attached hydrogens (tertiary/aromatic N) is 2. The van der Waals surface area contributed by atoms with E-state index in [1.165, 1.54) is 16.7 Å². The number of likely N-dealkylation sites (tertiary alicyclic amines) is 1. The molecule has 5 rings (SSSR count). The number of alkyl halides is 3. The Morgan fingerprint density at radius 1 is 0.973 bits per heavy atom. The summed E-state index contributed by atoms with van der Waals surface area (Å²) in [4.78, 5) is 14.8. The summed E-state index contributed by atoms with van der Waals surface area (Å²) in [6.45, 7) is 4.41. The molecule has 3 heterocycles. The number of nitrogens with one attached hydrogen (secondary N) is 1. The van der Waals surface area contributed by atoms with E-state index in [1.54, 1.807) is 0 Å². The molecule has 0 bridgehead atoms. The van der Waals surface area contributed by atoms with E-state index in [1.807, 2.05) is 18.2 Å². The second-order valence-corrected chi connectivity index (χ2v) is 9.59. The van der Waals surface area contributed by atoms with Crippen molar-refractivity contribution in [2.75, 3.05) is 32.8 Å². The molecule has 1 saturated heterocycles. The van der Waals surface area contributed by atoms with Crippen molar-refractivity contribution in [3.63, 3.8) is 0 Å². The Kier molecular flexibility index (Phi) is 8.58. The average molecular weight is 558 g/mol. The van der Waals surface area contributed by atoms with E-state index in [2.05, 4.69) is 10.2 Å². The van der Waals surface area contributed by atoms with Crippen LogP contribution in [-0.4, -0.2) is 48.4 Å². The molecule has 37 heavy (non-hydrogen) atoms. The number of halogens is 5. The first kappa shape index (κ1) is 27.6. The first-order valence-corrected chi connectivity index (χ1v) is 12.4. The highest BCUT2D eigenvalue weighted by Gasteiger charge is 2.31. The van der Waals surface area contributed by atoms with Gasteiger partial charge in [0.25, 0.3) is 5.56 Å². The highest BCUT2D eigenvalue weighted by atomic mass is 35.5. The van der Waals surface area contributed by atoms with Gasteiger partial charge in [-0.05, 0) is 55.8 Å². The van der Waals surface area contributed by atoms with Crippen LogP contribution in [0.1, 0.15) is 24.0 Å². The Morgan fingerprint density at radius 2 is 1.70 bits per heavy atom. The number of hydrogen-bond donors (Lipinski definition) is 1. The number of piperidine rings is 1. The van der Waals surface area contributed by atoms with Crippen LogP contribution in [0.25, 0.3) is 10.9 Å². The lowest BCUT2D eigenvalue weighted by Crippen LogP contribution is -2.43. The van der Waals surface area contributed by atoms with Gasteiger partial charge in [0, 0.05) is 37.1 Å². The summed E-state index contributed by atoms with van der Waals surface area (Å²) < 4.78 is 52.4. The minimum atomic E-state index is -4.49. The molecule has 0 atom stereocenters. The van der Waals surface area contributed by atoms with Crippen LogP contribution in [0, 0.1) is 0 Å². The molecule has 1 N–H and O–H groups in total. The van der Waals surface area contributed by atoms with Gasteiger partial charge in [0.1, 0.15) is 13.2 Å². The van der Waals surface area contributed by atoms with Crippen molar-refractivity contribution >= 4 is 34.9 Å². The highest BCUT2D eigenvalue weighted by molar-refractivity contribution is 6.35. The predicted molar refractivity (Wildman–Crippen MR) is 139 cm³/mol. The summed E-state index contributed by atoms with van der Waals surface area (Å²) in [6.07, 6.45) is -2.61. The van der Waals surface area contributed by atoms with Gasteiger partial charge in [-0.25, -0.2) is 0 Å². The molecule has 0 radical (unpaired) electrons. The molecule has 0 unspecified atom stereocenters. The largest absolute Gasteiger partial charge is 0.486 e. The molecule has 2 aliphatic rings. The standard InChI is InChI=1S/C26H27ClF3N3O3.ClH/c27-21-15-25(34)33(22-14-18(26(28,29)30)2-3-20(21)22)10-9-32-7-5-19(6-8-32)31-16-17-1-4-23-24(13-17)36-12-11-35-23;/h1-4,13-15,19,31H,5-12,16H2;1H. The predicted octanol–water partition coefficient (Wildman–Crippen LogP) is 5.12. The Morgan fingerprint density at radius 3 is 2.43 bits per heavy atom. The molecule has 6 nitrogen and oxygen atoms in total. The summed E-state index contributed by atoms with van der Waals surface area (Å²) in [5, 5.41) is 4.19.